The highest BCUT2D eigenvalue weighted by Gasteiger charge is 2.30. The Labute approximate surface area is 182 Å². The Balaban J connectivity index is 1.34. The van der Waals surface area contributed by atoms with Crippen molar-refractivity contribution in [3.8, 4) is 0 Å². The lowest BCUT2D eigenvalue weighted by molar-refractivity contribution is -0.137. The van der Waals surface area contributed by atoms with E-state index in [4.69, 9.17) is 9.47 Å². The zero-order valence-electron chi connectivity index (χ0n) is 18.2. The van der Waals surface area contributed by atoms with Crippen molar-refractivity contribution in [2.24, 2.45) is 4.99 Å². The van der Waals surface area contributed by atoms with Gasteiger partial charge >= 0.3 is 6.18 Å². The highest BCUT2D eigenvalue weighted by Crippen LogP contribution is 2.29. The molecule has 9 heteroatoms. The second-order valence-corrected chi connectivity index (χ2v) is 7.97. The Morgan fingerprint density at radius 3 is 2.42 bits per heavy atom. The highest BCUT2D eigenvalue weighted by molar-refractivity contribution is 5.79. The summed E-state index contributed by atoms with van der Waals surface area (Å²) >= 11 is 0. The van der Waals surface area contributed by atoms with Crippen LogP contribution in [0.2, 0.25) is 0 Å². The maximum Gasteiger partial charge on any atom is 0.416 e. The van der Waals surface area contributed by atoms with Crippen molar-refractivity contribution in [1.82, 2.24) is 15.1 Å². The number of hydrogen-bond acceptors (Lipinski definition) is 4. The summed E-state index contributed by atoms with van der Waals surface area (Å²) in [5, 5.41) is 3.41. The first-order chi connectivity index (χ1) is 15.0. The number of halogens is 3. The number of ether oxygens (including phenoxy) is 2. The minimum atomic E-state index is -4.29. The molecular formula is C22H33F3N4O2. The average molecular weight is 443 g/mol. The predicted octanol–water partition coefficient (Wildman–Crippen LogP) is 2.98. The van der Waals surface area contributed by atoms with Gasteiger partial charge in [0.2, 0.25) is 0 Å². The third-order valence-corrected chi connectivity index (χ3v) is 5.70. The SMILES string of the molecule is CN=C(NCCCOC1CCOCC1)N1CCN(Cc2ccc(C(F)(F)F)cc2)CC1. The minimum Gasteiger partial charge on any atom is -0.381 e. The van der Waals surface area contributed by atoms with Gasteiger partial charge in [-0.05, 0) is 37.0 Å². The Morgan fingerprint density at radius 1 is 1.13 bits per heavy atom. The van der Waals surface area contributed by atoms with Crippen LogP contribution in [0.4, 0.5) is 13.2 Å². The Morgan fingerprint density at radius 2 is 1.81 bits per heavy atom. The number of hydrogen-bond donors (Lipinski definition) is 1. The zero-order valence-corrected chi connectivity index (χ0v) is 18.2. The number of piperazine rings is 1. The van der Waals surface area contributed by atoms with Crippen molar-refractivity contribution in [1.29, 1.82) is 0 Å². The topological polar surface area (TPSA) is 49.3 Å². The van der Waals surface area contributed by atoms with Crippen molar-refractivity contribution < 1.29 is 22.6 Å². The molecule has 2 aliphatic heterocycles. The molecule has 6 nitrogen and oxygen atoms in total. The van der Waals surface area contributed by atoms with Crippen molar-refractivity contribution in [2.45, 2.75) is 38.1 Å². The molecule has 2 fully saturated rings. The molecule has 1 N–H and O–H groups in total. The Hall–Kier alpha value is -1.84. The van der Waals surface area contributed by atoms with Crippen LogP contribution in [0.1, 0.15) is 30.4 Å². The summed E-state index contributed by atoms with van der Waals surface area (Å²) in [7, 11) is 1.79. The summed E-state index contributed by atoms with van der Waals surface area (Å²) in [5.74, 6) is 0.889. The first-order valence-electron chi connectivity index (χ1n) is 11.0. The molecule has 1 aromatic carbocycles. The van der Waals surface area contributed by atoms with Crippen LogP contribution in [-0.4, -0.2) is 81.5 Å². The fraction of sp³-hybridized carbons (Fsp3) is 0.682. The van der Waals surface area contributed by atoms with E-state index in [0.717, 1.165) is 95.5 Å². The number of nitrogens with one attached hydrogen (secondary N) is 1. The van der Waals surface area contributed by atoms with Crippen LogP contribution in [0.3, 0.4) is 0 Å². The fourth-order valence-corrected chi connectivity index (χ4v) is 3.87. The average Bonchev–Trinajstić information content (AvgIpc) is 2.77. The van der Waals surface area contributed by atoms with Gasteiger partial charge < -0.3 is 19.7 Å². The van der Waals surface area contributed by atoms with E-state index < -0.39 is 11.7 Å². The van der Waals surface area contributed by atoms with E-state index in [1.54, 1.807) is 19.2 Å². The molecule has 0 bridgehead atoms. The van der Waals surface area contributed by atoms with E-state index in [-0.39, 0.29) is 0 Å². The molecule has 0 amide bonds. The van der Waals surface area contributed by atoms with Gasteiger partial charge in [0.25, 0.3) is 0 Å². The molecule has 0 atom stereocenters. The maximum absolute atomic E-state index is 12.7. The van der Waals surface area contributed by atoms with E-state index in [1.807, 2.05) is 0 Å². The molecule has 3 rings (SSSR count). The second-order valence-electron chi connectivity index (χ2n) is 7.97. The number of benzene rings is 1. The van der Waals surface area contributed by atoms with Crippen molar-refractivity contribution in [3.63, 3.8) is 0 Å². The molecule has 31 heavy (non-hydrogen) atoms. The number of aliphatic imine (C=N–C) groups is 1. The monoisotopic (exact) mass is 442 g/mol. The van der Waals surface area contributed by atoms with E-state index >= 15 is 0 Å². The summed E-state index contributed by atoms with van der Waals surface area (Å²) in [4.78, 5) is 8.87. The van der Waals surface area contributed by atoms with E-state index in [1.165, 1.54) is 0 Å². The summed E-state index contributed by atoms with van der Waals surface area (Å²) in [6.07, 6.45) is -1.09. The second kappa shape index (κ2) is 11.7. The molecule has 0 radical (unpaired) electrons. The summed E-state index contributed by atoms with van der Waals surface area (Å²) in [5.41, 5.74) is 0.294. The van der Waals surface area contributed by atoms with Gasteiger partial charge in [-0.2, -0.15) is 13.2 Å². The van der Waals surface area contributed by atoms with Crippen LogP contribution in [-0.2, 0) is 22.2 Å². The molecule has 2 saturated heterocycles. The van der Waals surface area contributed by atoms with E-state index in [0.29, 0.717) is 12.6 Å². The van der Waals surface area contributed by atoms with Crippen LogP contribution in [0.5, 0.6) is 0 Å². The number of rotatable bonds is 7. The molecule has 174 valence electrons. The van der Waals surface area contributed by atoms with Gasteiger partial charge in [-0.1, -0.05) is 12.1 Å². The quantitative estimate of drug-likeness (QED) is 0.400. The van der Waals surface area contributed by atoms with Gasteiger partial charge in [0.1, 0.15) is 0 Å². The molecule has 0 unspecified atom stereocenters. The van der Waals surface area contributed by atoms with Gasteiger partial charge in [0.15, 0.2) is 5.96 Å². The van der Waals surface area contributed by atoms with Crippen LogP contribution in [0, 0.1) is 0 Å². The van der Waals surface area contributed by atoms with Crippen LogP contribution in [0.15, 0.2) is 29.3 Å². The van der Waals surface area contributed by atoms with Crippen molar-refractivity contribution in [2.75, 3.05) is 59.6 Å². The van der Waals surface area contributed by atoms with Crippen LogP contribution >= 0.6 is 0 Å². The first kappa shape index (κ1) is 23.8. The highest BCUT2D eigenvalue weighted by atomic mass is 19.4. The van der Waals surface area contributed by atoms with Crippen LogP contribution in [0.25, 0.3) is 0 Å². The van der Waals surface area contributed by atoms with Gasteiger partial charge in [-0.3, -0.25) is 9.89 Å². The van der Waals surface area contributed by atoms with Crippen LogP contribution < -0.4 is 5.32 Å². The summed E-state index contributed by atoms with van der Waals surface area (Å²) in [6.45, 7) is 7.13. The predicted molar refractivity (Wildman–Crippen MR) is 114 cm³/mol. The van der Waals surface area contributed by atoms with E-state index in [2.05, 4.69) is 20.1 Å². The largest absolute Gasteiger partial charge is 0.416 e. The van der Waals surface area contributed by atoms with Crippen molar-refractivity contribution >= 4 is 5.96 Å². The lowest BCUT2D eigenvalue weighted by Gasteiger charge is -2.36. The van der Waals surface area contributed by atoms with Gasteiger partial charge in [-0.15, -0.1) is 0 Å². The fourth-order valence-electron chi connectivity index (χ4n) is 3.87. The smallest absolute Gasteiger partial charge is 0.381 e. The third kappa shape index (κ3) is 7.66. The maximum atomic E-state index is 12.7. The lowest BCUT2D eigenvalue weighted by atomic mass is 10.1. The minimum absolute atomic E-state index is 0.325. The molecule has 1 aromatic rings. The molecule has 2 heterocycles. The molecular weight excluding hydrogens is 409 g/mol. The Bertz CT molecular complexity index is 683. The van der Waals surface area contributed by atoms with Gasteiger partial charge in [-0.25, -0.2) is 0 Å². The summed E-state index contributed by atoms with van der Waals surface area (Å²) < 4.78 is 49.3. The zero-order chi connectivity index (χ0) is 22.1. The Kier molecular flexibility index (Phi) is 8.98. The molecule has 0 saturated carbocycles. The molecule has 0 spiro atoms. The number of nitrogens with zero attached hydrogens (tertiary/aromatic N) is 3. The normalized spacial score (nSPS) is 19.6. The number of guanidine groups is 1. The lowest BCUT2D eigenvalue weighted by Crippen LogP contribution is -2.52. The van der Waals surface area contributed by atoms with Gasteiger partial charge in [0.05, 0.1) is 11.7 Å². The van der Waals surface area contributed by atoms with Crippen molar-refractivity contribution in [3.05, 3.63) is 35.4 Å². The molecule has 2 aliphatic rings. The standard InChI is InChI=1S/C22H33F3N4O2/c1-26-21(27-9-2-14-31-20-7-15-30-16-8-20)29-12-10-28(11-13-29)17-18-3-5-19(6-4-18)22(23,24)25/h3-6,20H,2,7-17H2,1H3,(H,26,27). The molecule has 0 aromatic heterocycles. The third-order valence-electron chi connectivity index (χ3n) is 5.70. The first-order valence-corrected chi connectivity index (χ1v) is 11.0. The van der Waals surface area contributed by atoms with Gasteiger partial charge in [0, 0.05) is 66.1 Å². The van der Waals surface area contributed by atoms with E-state index in [9.17, 15) is 13.2 Å². The summed E-state index contributed by atoms with van der Waals surface area (Å²) in [6, 6.07) is 5.45. The molecule has 0 aliphatic carbocycles. The number of alkyl halides is 3.